The molecule has 0 bridgehead atoms. The Balaban J connectivity index is 0. The van der Waals surface area contributed by atoms with E-state index in [4.69, 9.17) is 10.8 Å². The van der Waals surface area contributed by atoms with Crippen molar-refractivity contribution in [2.75, 3.05) is 12.5 Å². The Morgan fingerprint density at radius 3 is 2.16 bits per heavy atom. The molecule has 5 nitrogen and oxygen atoms in total. The van der Waals surface area contributed by atoms with Gasteiger partial charge in [-0.05, 0) is 24.1 Å². The summed E-state index contributed by atoms with van der Waals surface area (Å²) < 4.78 is 15.5. The summed E-state index contributed by atoms with van der Waals surface area (Å²) in [4.78, 5) is 10.6. The molecule has 110 valence electrons. The Morgan fingerprint density at radius 1 is 1.32 bits per heavy atom. The van der Waals surface area contributed by atoms with E-state index in [1.807, 2.05) is 0 Å². The molecule has 1 atom stereocenters. The van der Waals surface area contributed by atoms with Crippen LogP contribution in [-0.2, 0) is 20.9 Å². The first-order chi connectivity index (χ1) is 7.78. The number of nitrogens with two attached hydrogens (primary N) is 1. The fraction of sp³-hybridized carbons (Fsp3) is 0.364. The fourth-order valence-corrected chi connectivity index (χ4v) is 1.92. The highest BCUT2D eigenvalue weighted by atomic mass is 35.5. The van der Waals surface area contributed by atoms with Crippen LogP contribution in [0.5, 0.6) is 0 Å². The number of carboxylic acid groups (broad SMARTS) is 1. The van der Waals surface area contributed by atoms with E-state index >= 15 is 0 Å². The molecule has 0 radical (unpaired) electrons. The maximum Gasteiger partial charge on any atom is 0.320 e. The number of aliphatic carboxylic acids is 1. The second kappa shape index (κ2) is 8.37. The summed E-state index contributed by atoms with van der Waals surface area (Å²) in [6.45, 7) is 0. The number of benzene rings is 1. The van der Waals surface area contributed by atoms with Crippen molar-refractivity contribution in [3.63, 3.8) is 0 Å². The zero-order valence-corrected chi connectivity index (χ0v) is 13.1. The largest absolute Gasteiger partial charge is 0.480 e. The molecule has 0 aliphatic heterocycles. The maximum atomic E-state index is 11.4. The van der Waals surface area contributed by atoms with Gasteiger partial charge in [0.2, 0.25) is 0 Å². The normalized spacial score (nSPS) is 11.7. The standard InChI is InChI=1S/C11H16N2O3S.2ClH/c1-17(2,16)13-9-5-3-8(4-6-9)7-10(12)11(14)15;;/h3-6,10H,7,12H2,1-2H3,(H,14,15);2*1H. The number of carbonyl (C=O) groups is 1. The van der Waals surface area contributed by atoms with Crippen molar-refractivity contribution < 1.29 is 14.1 Å². The summed E-state index contributed by atoms with van der Waals surface area (Å²) >= 11 is 0. The third-order valence-corrected chi connectivity index (χ3v) is 2.68. The summed E-state index contributed by atoms with van der Waals surface area (Å²) in [5.74, 6) is -1.02. The van der Waals surface area contributed by atoms with Crippen molar-refractivity contribution in [2.24, 2.45) is 10.1 Å². The first-order valence-electron chi connectivity index (χ1n) is 5.02. The van der Waals surface area contributed by atoms with E-state index in [0.717, 1.165) is 5.56 Å². The van der Waals surface area contributed by atoms with Gasteiger partial charge >= 0.3 is 5.97 Å². The molecule has 0 aliphatic carbocycles. The van der Waals surface area contributed by atoms with Crippen molar-refractivity contribution in [1.29, 1.82) is 0 Å². The smallest absolute Gasteiger partial charge is 0.320 e. The quantitative estimate of drug-likeness (QED) is 0.881. The third-order valence-electron chi connectivity index (χ3n) is 2.03. The van der Waals surface area contributed by atoms with Crippen LogP contribution in [0.4, 0.5) is 5.69 Å². The van der Waals surface area contributed by atoms with Crippen LogP contribution in [-0.4, -0.2) is 33.8 Å². The van der Waals surface area contributed by atoms with Gasteiger partial charge in [0.15, 0.2) is 0 Å². The van der Waals surface area contributed by atoms with Gasteiger partial charge in [0.05, 0.1) is 5.69 Å². The Bertz CT molecular complexity index is 517. The van der Waals surface area contributed by atoms with Crippen LogP contribution in [0.15, 0.2) is 28.6 Å². The molecular weight excluding hydrogens is 311 g/mol. The molecule has 0 heterocycles. The minimum Gasteiger partial charge on any atom is -0.480 e. The lowest BCUT2D eigenvalue weighted by molar-refractivity contribution is -0.138. The third kappa shape index (κ3) is 8.05. The number of rotatable bonds is 4. The molecule has 1 aromatic rings. The predicted molar refractivity (Wildman–Crippen MR) is 82.3 cm³/mol. The van der Waals surface area contributed by atoms with Gasteiger partial charge in [-0.3, -0.25) is 4.79 Å². The zero-order chi connectivity index (χ0) is 13.1. The molecule has 0 aliphatic rings. The molecule has 1 rings (SSSR count). The lowest BCUT2D eigenvalue weighted by atomic mass is 10.1. The minimum atomic E-state index is -2.17. The fourth-order valence-electron chi connectivity index (χ4n) is 1.29. The SMILES string of the molecule is CS(C)(=O)=Nc1ccc(CC(N)C(=O)O)cc1.Cl.Cl. The molecule has 0 fully saturated rings. The highest BCUT2D eigenvalue weighted by Gasteiger charge is 2.11. The van der Waals surface area contributed by atoms with E-state index in [0.29, 0.717) is 5.69 Å². The summed E-state index contributed by atoms with van der Waals surface area (Å²) in [6.07, 6.45) is 3.38. The summed E-state index contributed by atoms with van der Waals surface area (Å²) in [5, 5.41) is 8.67. The molecule has 3 N–H and O–H groups in total. The number of nitrogens with zero attached hydrogens (tertiary/aromatic N) is 1. The molecule has 1 aromatic carbocycles. The Hall–Kier alpha value is -0.820. The molecule has 19 heavy (non-hydrogen) atoms. The van der Waals surface area contributed by atoms with Crippen LogP contribution >= 0.6 is 24.8 Å². The first-order valence-corrected chi connectivity index (χ1v) is 7.35. The average Bonchev–Trinajstić information content (AvgIpc) is 2.18. The monoisotopic (exact) mass is 328 g/mol. The minimum absolute atomic E-state index is 0. The first kappa shape index (κ1) is 20.5. The highest BCUT2D eigenvalue weighted by molar-refractivity contribution is 7.92. The lowest BCUT2D eigenvalue weighted by Crippen LogP contribution is -2.32. The summed E-state index contributed by atoms with van der Waals surface area (Å²) in [5.41, 5.74) is 6.85. The second-order valence-corrected chi connectivity index (χ2v) is 6.63. The lowest BCUT2D eigenvalue weighted by Gasteiger charge is -2.06. The molecule has 0 saturated carbocycles. The molecule has 0 aromatic heterocycles. The predicted octanol–water partition coefficient (Wildman–Crippen LogP) is 1.84. The van der Waals surface area contributed by atoms with Crippen molar-refractivity contribution in [2.45, 2.75) is 12.5 Å². The van der Waals surface area contributed by atoms with E-state index in [1.54, 1.807) is 36.8 Å². The van der Waals surface area contributed by atoms with E-state index in [-0.39, 0.29) is 31.2 Å². The van der Waals surface area contributed by atoms with Crippen LogP contribution in [0.1, 0.15) is 5.56 Å². The van der Waals surface area contributed by atoms with Gasteiger partial charge in [0.1, 0.15) is 6.04 Å². The summed E-state index contributed by atoms with van der Waals surface area (Å²) in [6, 6.07) is 5.99. The van der Waals surface area contributed by atoms with Gasteiger partial charge in [-0.1, -0.05) is 12.1 Å². The van der Waals surface area contributed by atoms with E-state index in [1.165, 1.54) is 0 Å². The molecule has 0 spiro atoms. The van der Waals surface area contributed by atoms with E-state index < -0.39 is 21.7 Å². The van der Waals surface area contributed by atoms with Crippen molar-refractivity contribution in [3.8, 4) is 0 Å². The molecular formula is C11H18Cl2N2O3S. The van der Waals surface area contributed by atoms with Gasteiger partial charge in [-0.15, -0.1) is 24.8 Å². The Kier molecular flexibility index (Phi) is 9.03. The van der Waals surface area contributed by atoms with E-state index in [2.05, 4.69) is 4.36 Å². The van der Waals surface area contributed by atoms with Crippen LogP contribution in [0, 0.1) is 0 Å². The van der Waals surface area contributed by atoms with Crippen molar-refractivity contribution in [3.05, 3.63) is 29.8 Å². The summed E-state index contributed by atoms with van der Waals surface area (Å²) in [7, 11) is -2.17. The van der Waals surface area contributed by atoms with Crippen LogP contribution in [0.2, 0.25) is 0 Å². The van der Waals surface area contributed by atoms with Gasteiger partial charge in [0.25, 0.3) is 0 Å². The highest BCUT2D eigenvalue weighted by Crippen LogP contribution is 2.15. The van der Waals surface area contributed by atoms with Gasteiger partial charge < -0.3 is 10.8 Å². The second-order valence-electron chi connectivity index (χ2n) is 4.09. The number of hydrogen-bond donors (Lipinski definition) is 2. The van der Waals surface area contributed by atoms with Crippen LogP contribution < -0.4 is 5.73 Å². The van der Waals surface area contributed by atoms with Gasteiger partial charge in [0, 0.05) is 22.2 Å². The number of carboxylic acids is 1. The molecule has 0 saturated heterocycles. The van der Waals surface area contributed by atoms with E-state index in [9.17, 15) is 9.00 Å². The molecule has 1 unspecified atom stereocenters. The van der Waals surface area contributed by atoms with Crippen LogP contribution in [0.3, 0.4) is 0 Å². The van der Waals surface area contributed by atoms with Crippen LogP contribution in [0.25, 0.3) is 0 Å². The number of hydrogen-bond acceptors (Lipinski definition) is 4. The van der Waals surface area contributed by atoms with Gasteiger partial charge in [-0.2, -0.15) is 4.36 Å². The Labute approximate surface area is 125 Å². The Morgan fingerprint density at radius 2 is 1.79 bits per heavy atom. The zero-order valence-electron chi connectivity index (χ0n) is 10.6. The average molecular weight is 329 g/mol. The van der Waals surface area contributed by atoms with Crippen molar-refractivity contribution >= 4 is 46.2 Å². The number of halogens is 2. The molecule has 8 heteroatoms. The topological polar surface area (TPSA) is 92.8 Å². The van der Waals surface area contributed by atoms with Gasteiger partial charge in [-0.25, -0.2) is 4.21 Å². The van der Waals surface area contributed by atoms with Crippen molar-refractivity contribution in [1.82, 2.24) is 0 Å². The maximum absolute atomic E-state index is 11.4. The molecule has 0 amide bonds.